The third-order valence-corrected chi connectivity index (χ3v) is 8.29. The molecular weight excluding hydrogens is 554 g/mol. The molecule has 1 aliphatic heterocycles. The van der Waals surface area contributed by atoms with Gasteiger partial charge in [0.1, 0.15) is 0 Å². The van der Waals surface area contributed by atoms with E-state index in [1.54, 1.807) is 5.01 Å². The Kier molecular flexibility index (Phi) is 7.68. The standard InChI is InChI=1S/C24H23AsCl2N4O2S/c1-25(2)28-24(30-34(32,33)21-14-12-20(27)13-15-21)31-16-22(17-6-4-3-5-7-17)23(29-31)18-8-10-19(26)11-9-18/h3-15,22H,16H2,1-2H3,(H,28,30)/t22-/m1/s1. The van der Waals surface area contributed by atoms with Crippen LogP contribution in [0.25, 0.3) is 0 Å². The maximum atomic E-state index is 13.1. The van der Waals surface area contributed by atoms with E-state index >= 15 is 0 Å². The van der Waals surface area contributed by atoms with E-state index in [-0.39, 0.29) is 16.8 Å². The van der Waals surface area contributed by atoms with Crippen LogP contribution in [0.3, 0.4) is 0 Å². The summed E-state index contributed by atoms with van der Waals surface area (Å²) in [6.45, 7) is 0.451. The van der Waals surface area contributed by atoms with E-state index < -0.39 is 24.9 Å². The van der Waals surface area contributed by atoms with Crippen LogP contribution >= 0.6 is 23.2 Å². The molecule has 0 saturated heterocycles. The predicted molar refractivity (Wildman–Crippen MR) is 141 cm³/mol. The minimum absolute atomic E-state index is 0.0673. The first kappa shape index (κ1) is 24.8. The summed E-state index contributed by atoms with van der Waals surface area (Å²) in [6.07, 6.45) is 0. The summed E-state index contributed by atoms with van der Waals surface area (Å²) in [5.41, 5.74) is 6.95. The summed E-state index contributed by atoms with van der Waals surface area (Å²) in [6, 6.07) is 23.5. The molecule has 0 aromatic heterocycles. The van der Waals surface area contributed by atoms with Crippen LogP contribution in [0.15, 0.2) is 93.3 Å². The Hall–Kier alpha value is -2.31. The third-order valence-electron chi connectivity index (χ3n) is 5.14. The summed E-state index contributed by atoms with van der Waals surface area (Å²) in [7, 11) is -3.97. The van der Waals surface area contributed by atoms with E-state index in [0.717, 1.165) is 16.8 Å². The van der Waals surface area contributed by atoms with Crippen molar-refractivity contribution in [2.75, 3.05) is 6.54 Å². The number of sulfonamides is 1. The van der Waals surface area contributed by atoms with Gasteiger partial charge in [-0.1, -0.05) is 0 Å². The average molecular weight is 577 g/mol. The normalized spacial score (nSPS) is 16.6. The molecule has 0 unspecified atom stereocenters. The van der Waals surface area contributed by atoms with Crippen LogP contribution in [0.1, 0.15) is 17.0 Å². The molecule has 1 atom stereocenters. The van der Waals surface area contributed by atoms with E-state index in [4.69, 9.17) is 28.3 Å². The predicted octanol–water partition coefficient (Wildman–Crippen LogP) is 5.38. The molecule has 1 N–H and O–H groups in total. The number of nitrogens with zero attached hydrogens (tertiary/aromatic N) is 3. The van der Waals surface area contributed by atoms with Gasteiger partial charge in [-0.3, -0.25) is 0 Å². The molecule has 0 radical (unpaired) electrons. The van der Waals surface area contributed by atoms with Gasteiger partial charge in [0, 0.05) is 0 Å². The fourth-order valence-electron chi connectivity index (χ4n) is 3.56. The topological polar surface area (TPSA) is 74.1 Å². The monoisotopic (exact) mass is 576 g/mol. The van der Waals surface area contributed by atoms with E-state index in [1.807, 2.05) is 54.6 Å². The number of hydrogen-bond donors (Lipinski definition) is 1. The molecule has 0 bridgehead atoms. The number of hydrogen-bond acceptors (Lipinski definition) is 3. The quantitative estimate of drug-likeness (QED) is 0.251. The molecule has 4 rings (SSSR count). The van der Waals surface area contributed by atoms with Crippen molar-refractivity contribution in [3.63, 3.8) is 0 Å². The van der Waals surface area contributed by atoms with Gasteiger partial charge in [-0.25, -0.2) is 0 Å². The second-order valence-electron chi connectivity index (χ2n) is 7.89. The Morgan fingerprint density at radius 3 is 2.15 bits per heavy atom. The van der Waals surface area contributed by atoms with Crippen molar-refractivity contribution in [3.05, 3.63) is 100 Å². The Morgan fingerprint density at radius 2 is 1.56 bits per heavy atom. The van der Waals surface area contributed by atoms with Gasteiger partial charge in [-0.2, -0.15) is 0 Å². The molecule has 1 aliphatic rings. The molecule has 10 heteroatoms. The van der Waals surface area contributed by atoms with E-state index in [1.165, 1.54) is 24.3 Å². The zero-order chi connectivity index (χ0) is 24.3. The van der Waals surface area contributed by atoms with Gasteiger partial charge in [0.05, 0.1) is 0 Å². The van der Waals surface area contributed by atoms with Gasteiger partial charge >= 0.3 is 216 Å². The summed E-state index contributed by atoms with van der Waals surface area (Å²) >= 11 is 10.5. The van der Waals surface area contributed by atoms with Crippen molar-refractivity contribution in [1.29, 1.82) is 0 Å². The Morgan fingerprint density at radius 1 is 0.971 bits per heavy atom. The van der Waals surface area contributed by atoms with E-state index in [9.17, 15) is 8.42 Å². The first-order chi connectivity index (χ1) is 16.2. The molecule has 3 aromatic rings. The Labute approximate surface area is 214 Å². The number of guanidine groups is 1. The van der Waals surface area contributed by atoms with Crippen LogP contribution in [0.2, 0.25) is 21.5 Å². The third kappa shape index (κ3) is 5.84. The van der Waals surface area contributed by atoms with Gasteiger partial charge in [0.15, 0.2) is 0 Å². The van der Waals surface area contributed by atoms with Crippen molar-refractivity contribution in [2.45, 2.75) is 22.2 Å². The van der Waals surface area contributed by atoms with Crippen LogP contribution < -0.4 is 4.23 Å². The van der Waals surface area contributed by atoms with Gasteiger partial charge in [-0.05, 0) is 0 Å². The van der Waals surface area contributed by atoms with E-state index in [0.29, 0.717) is 16.6 Å². The average Bonchev–Trinajstić information content (AvgIpc) is 3.25. The van der Waals surface area contributed by atoms with Crippen LogP contribution in [0.4, 0.5) is 0 Å². The van der Waals surface area contributed by atoms with Crippen molar-refractivity contribution in [1.82, 2.24) is 9.24 Å². The van der Waals surface area contributed by atoms with Crippen LogP contribution in [-0.4, -0.2) is 46.5 Å². The van der Waals surface area contributed by atoms with Crippen LogP contribution in [-0.2, 0) is 10.0 Å². The molecule has 34 heavy (non-hydrogen) atoms. The van der Waals surface area contributed by atoms with Crippen molar-refractivity contribution in [2.24, 2.45) is 9.50 Å². The first-order valence-electron chi connectivity index (χ1n) is 10.4. The fourth-order valence-corrected chi connectivity index (χ4v) is 6.10. The summed E-state index contributed by atoms with van der Waals surface area (Å²) in [5, 5.41) is 7.59. The molecule has 6 nitrogen and oxygen atoms in total. The second-order valence-corrected chi connectivity index (χ2v) is 14.6. The van der Waals surface area contributed by atoms with Crippen LogP contribution in [0, 0.1) is 0 Å². The minimum atomic E-state index is -3.97. The molecule has 3 aromatic carbocycles. The summed E-state index contributed by atoms with van der Waals surface area (Å²) in [4.78, 5) is 0.0724. The molecule has 176 valence electrons. The SMILES string of the molecule is C[As](C)NC(=NS(=O)(=O)c1ccc(Cl)cc1)N1C[C@H](c2ccccc2)C(c2ccc(Cl)cc2)=N1. The molecule has 0 saturated carbocycles. The molecule has 0 amide bonds. The van der Waals surface area contributed by atoms with Crippen molar-refractivity contribution < 1.29 is 8.42 Å². The van der Waals surface area contributed by atoms with E-state index in [2.05, 4.69) is 20.1 Å². The van der Waals surface area contributed by atoms with Gasteiger partial charge in [0.25, 0.3) is 0 Å². The number of halogens is 2. The fraction of sp³-hybridized carbons (Fsp3) is 0.167. The Bertz CT molecular complexity index is 1310. The summed E-state index contributed by atoms with van der Waals surface area (Å²) < 4.78 is 33.6. The molecular formula is C24H23AsCl2N4O2S. The maximum absolute atomic E-state index is 13.1. The van der Waals surface area contributed by atoms with Crippen LogP contribution in [0.5, 0.6) is 0 Å². The number of benzene rings is 3. The molecule has 0 aliphatic carbocycles. The van der Waals surface area contributed by atoms with Gasteiger partial charge in [0.2, 0.25) is 0 Å². The van der Waals surface area contributed by atoms with Gasteiger partial charge in [-0.15, -0.1) is 0 Å². The first-order valence-corrected chi connectivity index (χ1v) is 17.3. The summed E-state index contributed by atoms with van der Waals surface area (Å²) in [5.74, 6) is 0.159. The number of hydrazone groups is 1. The molecule has 0 spiro atoms. The molecule has 0 fully saturated rings. The number of rotatable bonds is 5. The molecule has 1 heterocycles. The van der Waals surface area contributed by atoms with Crippen molar-refractivity contribution >= 4 is 59.8 Å². The Balaban J connectivity index is 1.77. The van der Waals surface area contributed by atoms with Gasteiger partial charge < -0.3 is 0 Å². The zero-order valence-electron chi connectivity index (χ0n) is 18.6. The zero-order valence-corrected chi connectivity index (χ0v) is 22.8. The van der Waals surface area contributed by atoms with Crippen molar-refractivity contribution in [3.8, 4) is 0 Å². The second kappa shape index (κ2) is 10.5. The number of nitrogens with one attached hydrogen (secondary N) is 1.